The Labute approximate surface area is 130 Å². The number of nitrogens with zero attached hydrogens (tertiary/aromatic N) is 2. The zero-order valence-corrected chi connectivity index (χ0v) is 12.5. The van der Waals surface area contributed by atoms with Crippen LogP contribution in [0.25, 0.3) is 0 Å². The number of H-pyrrole nitrogens is 1. The Hall–Kier alpha value is -1.80. The summed E-state index contributed by atoms with van der Waals surface area (Å²) in [6.07, 6.45) is 2.10. The summed E-state index contributed by atoms with van der Waals surface area (Å²) in [7, 11) is 0. The van der Waals surface area contributed by atoms with E-state index in [0.29, 0.717) is 17.1 Å². The molecular weight excluding hydrogens is 312 g/mol. The summed E-state index contributed by atoms with van der Waals surface area (Å²) in [4.78, 5) is 0. The summed E-state index contributed by atoms with van der Waals surface area (Å²) in [5, 5.41) is 6.79. The van der Waals surface area contributed by atoms with Crippen molar-refractivity contribution < 1.29 is 18.3 Å². The third-order valence-corrected chi connectivity index (χ3v) is 3.81. The summed E-state index contributed by atoms with van der Waals surface area (Å²) in [5.41, 5.74) is 0. The second-order valence-electron chi connectivity index (χ2n) is 5.05. The van der Waals surface area contributed by atoms with Crippen LogP contribution >= 0.6 is 12.2 Å². The van der Waals surface area contributed by atoms with Gasteiger partial charge in [-0.15, -0.1) is 0 Å². The summed E-state index contributed by atoms with van der Waals surface area (Å²) in [6, 6.07) is 3.16. The van der Waals surface area contributed by atoms with Crippen LogP contribution in [0.15, 0.2) is 18.2 Å². The average Bonchev–Trinajstić information content (AvgIpc) is 3.11. The maximum atomic E-state index is 13.5. The molecule has 8 heteroatoms. The number of halogens is 2. The van der Waals surface area contributed by atoms with E-state index in [9.17, 15) is 8.78 Å². The first-order chi connectivity index (χ1) is 10.6. The van der Waals surface area contributed by atoms with Crippen molar-refractivity contribution in [3.05, 3.63) is 40.4 Å². The Balaban J connectivity index is 1.71. The fourth-order valence-corrected chi connectivity index (χ4v) is 2.60. The molecule has 1 aliphatic heterocycles. The first-order valence-electron chi connectivity index (χ1n) is 6.97. The average molecular weight is 327 g/mol. The first-order valence-corrected chi connectivity index (χ1v) is 7.38. The lowest BCUT2D eigenvalue weighted by Crippen LogP contribution is -2.18. The number of aromatic nitrogens is 3. The fourth-order valence-electron chi connectivity index (χ4n) is 2.38. The molecule has 1 aromatic heterocycles. The van der Waals surface area contributed by atoms with E-state index in [0.717, 1.165) is 31.6 Å². The predicted octanol–water partition coefficient (Wildman–Crippen LogP) is 2.98. The van der Waals surface area contributed by atoms with Gasteiger partial charge in [-0.1, -0.05) is 0 Å². The van der Waals surface area contributed by atoms with Gasteiger partial charge in [0.2, 0.25) is 0 Å². The molecule has 5 nitrogen and oxygen atoms in total. The van der Waals surface area contributed by atoms with Crippen LogP contribution in [0.2, 0.25) is 0 Å². The third kappa shape index (κ3) is 3.33. The highest BCUT2D eigenvalue weighted by atomic mass is 32.1. The molecule has 3 rings (SSSR count). The molecule has 2 aromatic rings. The number of nitrogens with one attached hydrogen (secondary N) is 1. The number of rotatable bonds is 5. The Morgan fingerprint density at radius 2 is 2.32 bits per heavy atom. The third-order valence-electron chi connectivity index (χ3n) is 3.50. The van der Waals surface area contributed by atoms with Crippen molar-refractivity contribution in [3.63, 3.8) is 0 Å². The minimum absolute atomic E-state index is 0.0287. The highest BCUT2D eigenvalue weighted by Crippen LogP contribution is 2.19. The van der Waals surface area contributed by atoms with Crippen molar-refractivity contribution in [1.82, 2.24) is 14.8 Å². The minimum Gasteiger partial charge on any atom is -0.483 e. The van der Waals surface area contributed by atoms with Gasteiger partial charge in [-0.2, -0.15) is 5.10 Å². The SMILES string of the molecule is Fc1ccc(OCc2n[nH]c(=S)n2C[C@@H]2CCCO2)c(F)c1. The van der Waals surface area contributed by atoms with Crippen LogP contribution in [0.1, 0.15) is 18.7 Å². The molecule has 1 N–H and O–H groups in total. The number of hydrogen-bond acceptors (Lipinski definition) is 4. The minimum atomic E-state index is -0.750. The highest BCUT2D eigenvalue weighted by Gasteiger charge is 2.19. The Morgan fingerprint density at radius 3 is 3.05 bits per heavy atom. The molecule has 0 spiro atoms. The fraction of sp³-hybridized carbons (Fsp3) is 0.429. The van der Waals surface area contributed by atoms with Gasteiger partial charge in [0.05, 0.1) is 12.6 Å². The Morgan fingerprint density at radius 1 is 1.45 bits per heavy atom. The molecule has 0 saturated carbocycles. The van der Waals surface area contributed by atoms with E-state index < -0.39 is 11.6 Å². The molecule has 0 amide bonds. The van der Waals surface area contributed by atoms with Crippen LogP contribution < -0.4 is 4.74 Å². The zero-order chi connectivity index (χ0) is 15.5. The number of aromatic amines is 1. The van der Waals surface area contributed by atoms with Gasteiger partial charge in [0.1, 0.15) is 12.4 Å². The van der Waals surface area contributed by atoms with Crippen LogP contribution in [-0.2, 0) is 17.9 Å². The molecule has 22 heavy (non-hydrogen) atoms. The molecular formula is C14H15F2N3O2S. The smallest absolute Gasteiger partial charge is 0.195 e. The standard InChI is InChI=1S/C14H15F2N3O2S/c15-9-3-4-12(11(16)6-9)21-8-13-17-18-14(22)19(13)7-10-2-1-5-20-10/h3-4,6,10H,1-2,5,7-8H2,(H,18,22)/t10-/m0/s1. The normalized spacial score (nSPS) is 17.8. The van der Waals surface area contributed by atoms with Crippen molar-refractivity contribution in [2.75, 3.05) is 6.61 Å². The number of ether oxygens (including phenoxy) is 2. The van der Waals surface area contributed by atoms with E-state index >= 15 is 0 Å². The van der Waals surface area contributed by atoms with Crippen LogP contribution in [0.5, 0.6) is 5.75 Å². The molecule has 1 atom stereocenters. The highest BCUT2D eigenvalue weighted by molar-refractivity contribution is 7.71. The second kappa shape index (κ2) is 6.53. The molecule has 0 radical (unpaired) electrons. The van der Waals surface area contributed by atoms with E-state index in [2.05, 4.69) is 10.2 Å². The summed E-state index contributed by atoms with van der Waals surface area (Å²) >= 11 is 5.19. The Kier molecular flexibility index (Phi) is 4.49. The van der Waals surface area contributed by atoms with E-state index in [1.165, 1.54) is 6.07 Å². The first kappa shape index (κ1) is 15.1. The van der Waals surface area contributed by atoms with Crippen molar-refractivity contribution >= 4 is 12.2 Å². The van der Waals surface area contributed by atoms with Gasteiger partial charge in [-0.3, -0.25) is 9.67 Å². The molecule has 2 heterocycles. The largest absolute Gasteiger partial charge is 0.483 e. The molecule has 1 aliphatic rings. The van der Waals surface area contributed by atoms with Crippen LogP contribution in [-0.4, -0.2) is 27.5 Å². The summed E-state index contributed by atoms with van der Waals surface area (Å²) in [5.74, 6) is -0.881. The van der Waals surface area contributed by atoms with Crippen LogP contribution in [0.3, 0.4) is 0 Å². The predicted molar refractivity (Wildman–Crippen MR) is 77.1 cm³/mol. The summed E-state index contributed by atoms with van der Waals surface area (Å²) < 4.78 is 39.6. The maximum absolute atomic E-state index is 13.5. The van der Waals surface area contributed by atoms with Gasteiger partial charge in [0.25, 0.3) is 0 Å². The van der Waals surface area contributed by atoms with Gasteiger partial charge >= 0.3 is 0 Å². The zero-order valence-electron chi connectivity index (χ0n) is 11.7. The molecule has 1 fully saturated rings. The van der Waals surface area contributed by atoms with E-state index in [-0.39, 0.29) is 18.5 Å². The molecule has 1 saturated heterocycles. The molecule has 1 aromatic carbocycles. The lowest BCUT2D eigenvalue weighted by Gasteiger charge is -2.13. The van der Waals surface area contributed by atoms with Gasteiger partial charge < -0.3 is 9.47 Å². The Bertz CT molecular complexity index is 710. The van der Waals surface area contributed by atoms with E-state index in [1.54, 1.807) is 4.57 Å². The van der Waals surface area contributed by atoms with Gasteiger partial charge in [0, 0.05) is 12.7 Å². The van der Waals surface area contributed by atoms with Crippen molar-refractivity contribution in [2.45, 2.75) is 32.1 Å². The number of benzene rings is 1. The quantitative estimate of drug-likeness (QED) is 0.858. The maximum Gasteiger partial charge on any atom is 0.195 e. The van der Waals surface area contributed by atoms with Crippen LogP contribution in [0.4, 0.5) is 8.78 Å². The van der Waals surface area contributed by atoms with Gasteiger partial charge in [-0.25, -0.2) is 8.78 Å². The van der Waals surface area contributed by atoms with E-state index in [1.807, 2.05) is 0 Å². The molecule has 0 unspecified atom stereocenters. The second-order valence-corrected chi connectivity index (χ2v) is 5.44. The van der Waals surface area contributed by atoms with Crippen molar-refractivity contribution in [2.24, 2.45) is 0 Å². The summed E-state index contributed by atoms with van der Waals surface area (Å²) in [6.45, 7) is 1.37. The van der Waals surface area contributed by atoms with Crippen molar-refractivity contribution in [3.8, 4) is 5.75 Å². The van der Waals surface area contributed by atoms with Crippen molar-refractivity contribution in [1.29, 1.82) is 0 Å². The number of hydrogen-bond donors (Lipinski definition) is 1. The van der Waals surface area contributed by atoms with Gasteiger partial charge in [0.15, 0.2) is 22.2 Å². The topological polar surface area (TPSA) is 52.1 Å². The monoisotopic (exact) mass is 327 g/mol. The van der Waals surface area contributed by atoms with E-state index in [4.69, 9.17) is 21.7 Å². The molecule has 0 bridgehead atoms. The van der Waals surface area contributed by atoms with Crippen LogP contribution in [0, 0.1) is 16.4 Å². The molecule has 118 valence electrons. The lowest BCUT2D eigenvalue weighted by atomic mass is 10.2. The lowest BCUT2D eigenvalue weighted by molar-refractivity contribution is 0.0948. The molecule has 0 aliphatic carbocycles. The van der Waals surface area contributed by atoms with Gasteiger partial charge in [-0.05, 0) is 37.2 Å².